The summed E-state index contributed by atoms with van der Waals surface area (Å²) in [5.74, 6) is 0.316. The van der Waals surface area contributed by atoms with E-state index >= 15 is 0 Å². The minimum absolute atomic E-state index is 0.0340. The number of pyridine rings is 1. The third-order valence-electron chi connectivity index (χ3n) is 5.95. The van der Waals surface area contributed by atoms with Crippen LogP contribution in [0.5, 0.6) is 0 Å². The molecule has 0 spiro atoms. The molecule has 0 aliphatic rings. The quantitative estimate of drug-likeness (QED) is 0.284. The zero-order valence-electron chi connectivity index (χ0n) is 17.8. The Morgan fingerprint density at radius 3 is 2.50 bits per heavy atom. The number of hydrogen-bond acceptors (Lipinski definition) is 2. The number of benzene rings is 3. The summed E-state index contributed by atoms with van der Waals surface area (Å²) < 4.78 is 44.2. The van der Waals surface area contributed by atoms with Gasteiger partial charge in [-0.25, -0.2) is 0 Å². The summed E-state index contributed by atoms with van der Waals surface area (Å²) in [6.07, 6.45) is -3.31. The Labute approximate surface area is 183 Å². The summed E-state index contributed by atoms with van der Waals surface area (Å²) in [7, 11) is 0. The first-order valence-electron chi connectivity index (χ1n) is 10.7. The van der Waals surface area contributed by atoms with E-state index in [1.54, 1.807) is 12.3 Å². The Bertz CT molecular complexity index is 1450. The molecule has 0 bridgehead atoms. The summed E-state index contributed by atoms with van der Waals surface area (Å²) in [5.41, 5.74) is 5.11. The van der Waals surface area contributed by atoms with E-state index in [9.17, 15) is 13.2 Å². The number of alkyl halides is 3. The highest BCUT2D eigenvalue weighted by Gasteiger charge is 2.26. The molecule has 0 saturated carbocycles. The molecule has 0 atom stereocenters. The lowest BCUT2D eigenvalue weighted by Gasteiger charge is -2.12. The van der Waals surface area contributed by atoms with Gasteiger partial charge in [0.2, 0.25) is 0 Å². The van der Waals surface area contributed by atoms with Crippen molar-refractivity contribution < 1.29 is 17.6 Å². The molecule has 5 aromatic rings. The van der Waals surface area contributed by atoms with Gasteiger partial charge in [0.05, 0.1) is 5.69 Å². The van der Waals surface area contributed by atoms with Crippen LogP contribution in [0, 0.1) is 0 Å². The van der Waals surface area contributed by atoms with Crippen LogP contribution in [0.1, 0.15) is 37.3 Å². The largest absolute Gasteiger partial charge is 0.455 e. The SMILES string of the molecule is CC(C)c1cc(-c2nccc3cc(CCC(F)(F)F)ccc23)c2oc3ccccc3c2c1. The van der Waals surface area contributed by atoms with Crippen molar-refractivity contribution >= 4 is 32.7 Å². The molecule has 5 rings (SSSR count). The van der Waals surface area contributed by atoms with Crippen molar-refractivity contribution in [1.82, 2.24) is 4.98 Å². The highest BCUT2D eigenvalue weighted by molar-refractivity contribution is 6.11. The Hall–Kier alpha value is -3.34. The van der Waals surface area contributed by atoms with E-state index in [0.717, 1.165) is 44.0 Å². The van der Waals surface area contributed by atoms with Crippen LogP contribution in [0.15, 0.2) is 71.3 Å². The van der Waals surface area contributed by atoms with Crippen LogP contribution < -0.4 is 0 Å². The molecule has 0 amide bonds. The number of fused-ring (bicyclic) bond motifs is 4. The standard InChI is InChI=1S/C27H22F3NO/c1-16(2)19-14-22-21-5-3-4-6-24(21)32-26(22)23(15-19)25-20-8-7-17(9-11-27(28,29)30)13-18(20)10-12-31-25/h3-8,10,12-16H,9,11H2,1-2H3. The van der Waals surface area contributed by atoms with Crippen LogP contribution in [0.25, 0.3) is 44.0 Å². The van der Waals surface area contributed by atoms with Crippen LogP contribution in [0.3, 0.4) is 0 Å². The first kappa shape index (κ1) is 20.6. The smallest absolute Gasteiger partial charge is 0.389 e. The van der Waals surface area contributed by atoms with Crippen LogP contribution >= 0.6 is 0 Å². The second-order valence-corrected chi connectivity index (χ2v) is 8.53. The summed E-state index contributed by atoms with van der Waals surface area (Å²) in [6.45, 7) is 4.30. The van der Waals surface area contributed by atoms with Gasteiger partial charge in [-0.05, 0) is 53.1 Å². The molecule has 0 fully saturated rings. The number of hydrogen-bond donors (Lipinski definition) is 0. The summed E-state index contributed by atoms with van der Waals surface area (Å²) in [6, 6.07) is 19.6. The first-order valence-corrected chi connectivity index (χ1v) is 10.7. The number of aromatic nitrogens is 1. The fraction of sp³-hybridized carbons (Fsp3) is 0.222. The van der Waals surface area contributed by atoms with Crippen molar-refractivity contribution in [2.24, 2.45) is 0 Å². The molecule has 2 heterocycles. The number of halogens is 3. The molecule has 0 radical (unpaired) electrons. The van der Waals surface area contributed by atoms with Gasteiger partial charge in [-0.2, -0.15) is 13.2 Å². The minimum atomic E-state index is -4.16. The minimum Gasteiger partial charge on any atom is -0.455 e. The maximum absolute atomic E-state index is 12.7. The summed E-state index contributed by atoms with van der Waals surface area (Å²) >= 11 is 0. The molecule has 0 N–H and O–H groups in total. The van der Waals surface area contributed by atoms with Crippen LogP contribution in [-0.2, 0) is 6.42 Å². The molecule has 0 aliphatic carbocycles. The Morgan fingerprint density at radius 2 is 1.72 bits per heavy atom. The molecule has 2 nitrogen and oxygen atoms in total. The van der Waals surface area contributed by atoms with Gasteiger partial charge in [-0.1, -0.05) is 50.2 Å². The molecular weight excluding hydrogens is 411 g/mol. The number of aryl methyl sites for hydroxylation is 1. The molecule has 32 heavy (non-hydrogen) atoms. The maximum atomic E-state index is 12.7. The molecule has 0 aliphatic heterocycles. The average Bonchev–Trinajstić information content (AvgIpc) is 3.14. The number of furan rings is 1. The first-order chi connectivity index (χ1) is 15.3. The van der Waals surface area contributed by atoms with Gasteiger partial charge in [0.25, 0.3) is 0 Å². The number of rotatable bonds is 4. The Balaban J connectivity index is 1.71. The van der Waals surface area contributed by atoms with Gasteiger partial charge in [0.15, 0.2) is 0 Å². The lowest BCUT2D eigenvalue weighted by Crippen LogP contribution is -2.08. The third kappa shape index (κ3) is 3.72. The Morgan fingerprint density at radius 1 is 0.906 bits per heavy atom. The van der Waals surface area contributed by atoms with E-state index in [1.165, 1.54) is 5.56 Å². The van der Waals surface area contributed by atoms with E-state index in [2.05, 4.69) is 37.0 Å². The van der Waals surface area contributed by atoms with Crippen molar-refractivity contribution in [1.29, 1.82) is 0 Å². The van der Waals surface area contributed by atoms with Crippen molar-refractivity contribution in [2.75, 3.05) is 0 Å². The van der Waals surface area contributed by atoms with Crippen LogP contribution in [0.4, 0.5) is 13.2 Å². The average molecular weight is 433 g/mol. The second kappa shape index (κ2) is 7.66. The highest BCUT2D eigenvalue weighted by Crippen LogP contribution is 2.40. The van der Waals surface area contributed by atoms with Gasteiger partial charge in [0.1, 0.15) is 11.2 Å². The monoisotopic (exact) mass is 433 g/mol. The lowest BCUT2D eigenvalue weighted by atomic mass is 9.94. The second-order valence-electron chi connectivity index (χ2n) is 8.53. The molecule has 0 saturated heterocycles. The summed E-state index contributed by atoms with van der Waals surface area (Å²) in [4.78, 5) is 4.67. The van der Waals surface area contributed by atoms with Crippen LogP contribution in [0.2, 0.25) is 0 Å². The van der Waals surface area contributed by atoms with E-state index in [4.69, 9.17) is 4.42 Å². The predicted molar refractivity (Wildman–Crippen MR) is 123 cm³/mol. The number of nitrogens with zero attached hydrogens (tertiary/aromatic N) is 1. The molecule has 5 heteroatoms. The van der Waals surface area contributed by atoms with Crippen LogP contribution in [-0.4, -0.2) is 11.2 Å². The van der Waals surface area contributed by atoms with Crippen molar-refractivity contribution in [3.8, 4) is 11.3 Å². The van der Waals surface area contributed by atoms with Crippen molar-refractivity contribution in [3.05, 3.63) is 78.0 Å². The van der Waals surface area contributed by atoms with Crippen molar-refractivity contribution in [2.45, 2.75) is 38.8 Å². The van der Waals surface area contributed by atoms with Gasteiger partial charge in [0, 0.05) is 34.3 Å². The van der Waals surface area contributed by atoms with Gasteiger partial charge in [-0.3, -0.25) is 4.98 Å². The van der Waals surface area contributed by atoms with E-state index in [0.29, 0.717) is 11.5 Å². The molecule has 3 aromatic carbocycles. The zero-order valence-corrected chi connectivity index (χ0v) is 17.8. The topological polar surface area (TPSA) is 26.0 Å². The molecule has 2 aromatic heterocycles. The Kier molecular flexibility index (Phi) is 4.92. The molecule has 162 valence electrons. The molecule has 0 unspecified atom stereocenters. The summed E-state index contributed by atoms with van der Waals surface area (Å²) in [5, 5.41) is 3.86. The third-order valence-corrected chi connectivity index (χ3v) is 5.95. The zero-order chi connectivity index (χ0) is 22.5. The van der Waals surface area contributed by atoms with Gasteiger partial charge < -0.3 is 4.42 Å². The normalized spacial score (nSPS) is 12.4. The van der Waals surface area contributed by atoms with Gasteiger partial charge in [-0.15, -0.1) is 0 Å². The van der Waals surface area contributed by atoms with E-state index in [1.807, 2.05) is 36.4 Å². The van der Waals surface area contributed by atoms with E-state index < -0.39 is 12.6 Å². The lowest BCUT2D eigenvalue weighted by molar-refractivity contribution is -0.133. The van der Waals surface area contributed by atoms with Gasteiger partial charge >= 0.3 is 6.18 Å². The molecular formula is C27H22F3NO. The predicted octanol–water partition coefficient (Wildman–Crippen LogP) is 8.42. The maximum Gasteiger partial charge on any atom is 0.389 e. The fourth-order valence-electron chi connectivity index (χ4n) is 4.24. The highest BCUT2D eigenvalue weighted by atomic mass is 19.4. The van der Waals surface area contributed by atoms with E-state index in [-0.39, 0.29) is 6.42 Å². The van der Waals surface area contributed by atoms with Crippen molar-refractivity contribution in [3.63, 3.8) is 0 Å². The number of para-hydroxylation sites is 1. The fourth-order valence-corrected chi connectivity index (χ4v) is 4.24.